The molecule has 2 aromatic carbocycles. The zero-order chi connectivity index (χ0) is 12.4. The van der Waals surface area contributed by atoms with Crippen molar-refractivity contribution in [3.05, 3.63) is 53.8 Å². The summed E-state index contributed by atoms with van der Waals surface area (Å²) in [6.07, 6.45) is 0. The third-order valence-corrected chi connectivity index (χ3v) is 2.79. The average Bonchev–Trinajstić information content (AvgIpc) is 2.32. The standard InChI is InChI=1S/C14H15FN2/c1-10-8-13(6-7-14(10)15)17(2)12-5-3-4-11(16)9-12/h3-9H,16H2,1-2H3. The molecule has 0 aliphatic carbocycles. The van der Waals surface area contributed by atoms with Gasteiger partial charge in [-0.15, -0.1) is 0 Å². The van der Waals surface area contributed by atoms with Gasteiger partial charge in [0.05, 0.1) is 0 Å². The van der Waals surface area contributed by atoms with Gasteiger partial charge in [-0.3, -0.25) is 0 Å². The van der Waals surface area contributed by atoms with Gasteiger partial charge in [0, 0.05) is 24.1 Å². The van der Waals surface area contributed by atoms with Crippen LogP contribution in [0.2, 0.25) is 0 Å². The number of hydrogen-bond donors (Lipinski definition) is 1. The molecule has 2 rings (SSSR count). The summed E-state index contributed by atoms with van der Waals surface area (Å²) in [4.78, 5) is 1.98. The molecule has 0 aromatic heterocycles. The molecule has 2 nitrogen and oxygen atoms in total. The van der Waals surface area contributed by atoms with Gasteiger partial charge in [0.1, 0.15) is 5.82 Å². The van der Waals surface area contributed by atoms with Crippen molar-refractivity contribution in [3.8, 4) is 0 Å². The topological polar surface area (TPSA) is 29.3 Å². The zero-order valence-corrected chi connectivity index (χ0v) is 9.94. The Morgan fingerprint density at radius 3 is 2.41 bits per heavy atom. The molecule has 2 aromatic rings. The molecule has 2 N–H and O–H groups in total. The Labute approximate surface area is 100 Å². The van der Waals surface area contributed by atoms with Crippen molar-refractivity contribution in [2.75, 3.05) is 17.7 Å². The van der Waals surface area contributed by atoms with Gasteiger partial charge >= 0.3 is 0 Å². The summed E-state index contributed by atoms with van der Waals surface area (Å²) < 4.78 is 13.2. The van der Waals surface area contributed by atoms with Crippen LogP contribution in [0.5, 0.6) is 0 Å². The van der Waals surface area contributed by atoms with Gasteiger partial charge in [0.25, 0.3) is 0 Å². The Hall–Kier alpha value is -2.03. The van der Waals surface area contributed by atoms with Gasteiger partial charge in [0.15, 0.2) is 0 Å². The predicted molar refractivity (Wildman–Crippen MR) is 70.1 cm³/mol. The predicted octanol–water partition coefficient (Wildman–Crippen LogP) is 3.48. The number of benzene rings is 2. The number of nitrogens with two attached hydrogens (primary N) is 1. The number of nitrogen functional groups attached to an aromatic ring is 1. The number of rotatable bonds is 2. The van der Waals surface area contributed by atoms with E-state index >= 15 is 0 Å². The molecule has 0 aliphatic heterocycles. The molecule has 88 valence electrons. The van der Waals surface area contributed by atoms with Crippen molar-refractivity contribution in [3.63, 3.8) is 0 Å². The fraction of sp³-hybridized carbons (Fsp3) is 0.143. The van der Waals surface area contributed by atoms with Gasteiger partial charge in [-0.25, -0.2) is 4.39 Å². The molecule has 0 amide bonds. The van der Waals surface area contributed by atoms with E-state index in [4.69, 9.17) is 5.73 Å². The maximum Gasteiger partial charge on any atom is 0.126 e. The Bertz CT molecular complexity index is 537. The van der Waals surface area contributed by atoms with Crippen molar-refractivity contribution in [2.24, 2.45) is 0 Å². The normalized spacial score (nSPS) is 10.3. The number of anilines is 3. The first-order valence-corrected chi connectivity index (χ1v) is 5.43. The van der Waals surface area contributed by atoms with E-state index in [-0.39, 0.29) is 5.82 Å². The minimum Gasteiger partial charge on any atom is -0.399 e. The molecule has 0 saturated carbocycles. The minimum absolute atomic E-state index is 0.185. The molecule has 0 radical (unpaired) electrons. The quantitative estimate of drug-likeness (QED) is 0.800. The van der Waals surface area contributed by atoms with E-state index < -0.39 is 0 Å². The first kappa shape index (κ1) is 11.5. The lowest BCUT2D eigenvalue weighted by molar-refractivity contribution is 0.618. The van der Waals surface area contributed by atoms with Crippen LogP contribution in [0.1, 0.15) is 5.56 Å². The molecule has 17 heavy (non-hydrogen) atoms. The van der Waals surface area contributed by atoms with Crippen LogP contribution in [-0.2, 0) is 0 Å². The van der Waals surface area contributed by atoms with Crippen LogP contribution in [-0.4, -0.2) is 7.05 Å². The minimum atomic E-state index is -0.185. The number of nitrogens with zero attached hydrogens (tertiary/aromatic N) is 1. The first-order chi connectivity index (χ1) is 8.08. The van der Waals surface area contributed by atoms with E-state index in [1.807, 2.05) is 42.3 Å². The largest absolute Gasteiger partial charge is 0.399 e. The highest BCUT2D eigenvalue weighted by atomic mass is 19.1. The van der Waals surface area contributed by atoms with Gasteiger partial charge in [-0.05, 0) is 48.9 Å². The molecule has 0 atom stereocenters. The molecular formula is C14H15FN2. The van der Waals surface area contributed by atoms with Crippen LogP contribution in [0.15, 0.2) is 42.5 Å². The molecule has 0 fully saturated rings. The summed E-state index contributed by atoms with van der Waals surface area (Å²) in [5.74, 6) is -0.185. The van der Waals surface area contributed by atoms with Crippen molar-refractivity contribution in [1.82, 2.24) is 0 Å². The number of halogens is 1. The van der Waals surface area contributed by atoms with E-state index in [2.05, 4.69) is 0 Å². The first-order valence-electron chi connectivity index (χ1n) is 5.43. The fourth-order valence-corrected chi connectivity index (χ4v) is 1.72. The van der Waals surface area contributed by atoms with E-state index in [0.717, 1.165) is 11.4 Å². The second kappa shape index (κ2) is 4.45. The lowest BCUT2D eigenvalue weighted by Gasteiger charge is -2.20. The fourth-order valence-electron chi connectivity index (χ4n) is 1.72. The zero-order valence-electron chi connectivity index (χ0n) is 9.94. The SMILES string of the molecule is Cc1cc(N(C)c2cccc(N)c2)ccc1F. The maximum atomic E-state index is 13.2. The Balaban J connectivity index is 2.36. The van der Waals surface area contributed by atoms with Crippen LogP contribution in [0.3, 0.4) is 0 Å². The highest BCUT2D eigenvalue weighted by molar-refractivity contribution is 5.66. The Kier molecular flexibility index (Phi) is 3.00. The van der Waals surface area contributed by atoms with E-state index in [1.165, 1.54) is 6.07 Å². The summed E-state index contributed by atoms with van der Waals surface area (Å²) >= 11 is 0. The number of aryl methyl sites for hydroxylation is 1. The Morgan fingerprint density at radius 1 is 1.06 bits per heavy atom. The van der Waals surface area contributed by atoms with Crippen molar-refractivity contribution >= 4 is 17.1 Å². The lowest BCUT2D eigenvalue weighted by atomic mass is 10.2. The summed E-state index contributed by atoms with van der Waals surface area (Å²) in [5.41, 5.74) is 9.02. The third kappa shape index (κ3) is 2.38. The molecule has 3 heteroatoms. The van der Waals surface area contributed by atoms with Gasteiger partial charge in [0.2, 0.25) is 0 Å². The second-order valence-corrected chi connectivity index (χ2v) is 4.09. The van der Waals surface area contributed by atoms with E-state index in [0.29, 0.717) is 11.3 Å². The van der Waals surface area contributed by atoms with Gasteiger partial charge in [-0.2, -0.15) is 0 Å². The highest BCUT2D eigenvalue weighted by Gasteiger charge is 2.06. The van der Waals surface area contributed by atoms with Crippen LogP contribution >= 0.6 is 0 Å². The van der Waals surface area contributed by atoms with Crippen LogP contribution in [0, 0.1) is 12.7 Å². The Morgan fingerprint density at radius 2 is 1.76 bits per heavy atom. The van der Waals surface area contributed by atoms with Crippen molar-refractivity contribution < 1.29 is 4.39 Å². The maximum absolute atomic E-state index is 13.2. The van der Waals surface area contributed by atoms with Crippen LogP contribution in [0.25, 0.3) is 0 Å². The summed E-state index contributed by atoms with van der Waals surface area (Å²) in [5, 5.41) is 0. The molecule has 0 saturated heterocycles. The molecule has 0 spiro atoms. The smallest absolute Gasteiger partial charge is 0.126 e. The summed E-state index contributed by atoms with van der Waals surface area (Å²) in [7, 11) is 1.93. The van der Waals surface area contributed by atoms with Crippen molar-refractivity contribution in [1.29, 1.82) is 0 Å². The van der Waals surface area contributed by atoms with Gasteiger partial charge < -0.3 is 10.6 Å². The monoisotopic (exact) mass is 230 g/mol. The average molecular weight is 230 g/mol. The summed E-state index contributed by atoms with van der Waals surface area (Å²) in [6.45, 7) is 1.76. The molecule has 0 unspecified atom stereocenters. The third-order valence-electron chi connectivity index (χ3n) is 2.79. The lowest BCUT2D eigenvalue weighted by Crippen LogP contribution is -2.10. The molecule has 0 heterocycles. The van der Waals surface area contributed by atoms with E-state index in [9.17, 15) is 4.39 Å². The van der Waals surface area contributed by atoms with Gasteiger partial charge in [-0.1, -0.05) is 6.07 Å². The van der Waals surface area contributed by atoms with Crippen LogP contribution < -0.4 is 10.6 Å². The number of hydrogen-bond acceptors (Lipinski definition) is 2. The second-order valence-electron chi connectivity index (χ2n) is 4.09. The molecule has 0 aliphatic rings. The molecule has 0 bridgehead atoms. The van der Waals surface area contributed by atoms with Crippen LogP contribution in [0.4, 0.5) is 21.5 Å². The van der Waals surface area contributed by atoms with E-state index in [1.54, 1.807) is 13.0 Å². The highest BCUT2D eigenvalue weighted by Crippen LogP contribution is 2.26. The van der Waals surface area contributed by atoms with Crippen molar-refractivity contribution in [2.45, 2.75) is 6.92 Å². The molecular weight excluding hydrogens is 215 g/mol. The summed E-state index contributed by atoms with van der Waals surface area (Å²) in [6, 6.07) is 12.6.